The first-order chi connectivity index (χ1) is 9.46. The van der Waals surface area contributed by atoms with Crippen molar-refractivity contribution >= 4 is 17.5 Å². The van der Waals surface area contributed by atoms with E-state index in [-0.39, 0.29) is 11.3 Å². The fourth-order valence-electron chi connectivity index (χ4n) is 2.60. The van der Waals surface area contributed by atoms with Gasteiger partial charge >= 0.3 is 0 Å². The highest BCUT2D eigenvalue weighted by molar-refractivity contribution is 6.19. The predicted molar refractivity (Wildman–Crippen MR) is 76.6 cm³/mol. The van der Waals surface area contributed by atoms with E-state index in [2.05, 4.69) is 12.2 Å². The molecule has 1 fully saturated rings. The Labute approximate surface area is 123 Å². The van der Waals surface area contributed by atoms with Gasteiger partial charge in [-0.3, -0.25) is 4.79 Å². The molecule has 0 atom stereocenters. The van der Waals surface area contributed by atoms with Crippen molar-refractivity contribution in [1.82, 2.24) is 5.32 Å². The quantitative estimate of drug-likeness (QED) is 0.840. The normalized spacial score (nSPS) is 26.2. The van der Waals surface area contributed by atoms with Gasteiger partial charge in [-0.25, -0.2) is 4.39 Å². The Morgan fingerprint density at radius 1 is 1.50 bits per heavy atom. The van der Waals surface area contributed by atoms with E-state index in [1.807, 2.05) is 0 Å². The Kier molecular flexibility index (Phi) is 4.53. The molecule has 0 aromatic heterocycles. The van der Waals surface area contributed by atoms with Crippen LogP contribution in [0.15, 0.2) is 18.2 Å². The fourth-order valence-corrected chi connectivity index (χ4v) is 2.94. The predicted octanol–water partition coefficient (Wildman–Crippen LogP) is 3.45. The molecular formula is C15H19ClFNO2. The minimum absolute atomic E-state index is 0.0640. The summed E-state index contributed by atoms with van der Waals surface area (Å²) in [5, 5.41) is 12.1. The standard InChI is InChI=1S/C15H19ClFNO2/c1-10-4-6-15(9-16,7-5-10)18-14(20)12-3-2-11(19)8-13(12)17/h2-3,8,10,19H,4-7,9H2,1H3,(H,18,20). The third kappa shape index (κ3) is 3.23. The molecule has 1 amide bonds. The average Bonchev–Trinajstić information content (AvgIpc) is 2.41. The molecule has 1 aliphatic carbocycles. The van der Waals surface area contributed by atoms with Gasteiger partial charge in [-0.2, -0.15) is 0 Å². The van der Waals surface area contributed by atoms with Crippen molar-refractivity contribution in [1.29, 1.82) is 0 Å². The Bertz CT molecular complexity index is 499. The molecule has 1 saturated carbocycles. The number of carbonyl (C=O) groups excluding carboxylic acids is 1. The van der Waals surface area contributed by atoms with Crippen LogP contribution in [0.5, 0.6) is 5.75 Å². The molecule has 1 aliphatic rings. The maximum absolute atomic E-state index is 13.7. The van der Waals surface area contributed by atoms with Gasteiger partial charge in [0.2, 0.25) is 0 Å². The van der Waals surface area contributed by atoms with Gasteiger partial charge in [-0.05, 0) is 43.7 Å². The molecule has 2 rings (SSSR count). The molecule has 0 saturated heterocycles. The summed E-state index contributed by atoms with van der Waals surface area (Å²) in [6, 6.07) is 3.52. The number of benzene rings is 1. The van der Waals surface area contributed by atoms with Crippen LogP contribution in [0.3, 0.4) is 0 Å². The molecule has 0 heterocycles. The van der Waals surface area contributed by atoms with E-state index in [4.69, 9.17) is 11.6 Å². The number of nitrogens with one attached hydrogen (secondary N) is 1. The Hall–Kier alpha value is -1.29. The third-order valence-corrected chi connectivity index (χ3v) is 4.57. The maximum atomic E-state index is 13.7. The average molecular weight is 300 g/mol. The summed E-state index contributed by atoms with van der Waals surface area (Å²) < 4.78 is 13.7. The summed E-state index contributed by atoms with van der Waals surface area (Å²) in [7, 11) is 0. The third-order valence-electron chi connectivity index (χ3n) is 4.06. The molecule has 3 nitrogen and oxygen atoms in total. The van der Waals surface area contributed by atoms with Crippen molar-refractivity contribution in [2.75, 3.05) is 5.88 Å². The van der Waals surface area contributed by atoms with Crippen molar-refractivity contribution < 1.29 is 14.3 Å². The van der Waals surface area contributed by atoms with Crippen molar-refractivity contribution in [3.63, 3.8) is 0 Å². The SMILES string of the molecule is CC1CCC(CCl)(NC(=O)c2ccc(O)cc2F)CC1. The Morgan fingerprint density at radius 3 is 2.70 bits per heavy atom. The lowest BCUT2D eigenvalue weighted by Gasteiger charge is -2.38. The number of hydrogen-bond donors (Lipinski definition) is 2. The summed E-state index contributed by atoms with van der Waals surface area (Å²) in [6.07, 6.45) is 3.63. The largest absolute Gasteiger partial charge is 0.508 e. The molecule has 0 unspecified atom stereocenters. The van der Waals surface area contributed by atoms with Gasteiger partial charge in [0.25, 0.3) is 5.91 Å². The van der Waals surface area contributed by atoms with Crippen LogP contribution in [-0.2, 0) is 0 Å². The van der Waals surface area contributed by atoms with E-state index in [9.17, 15) is 14.3 Å². The van der Waals surface area contributed by atoms with E-state index in [0.717, 1.165) is 31.7 Å². The zero-order valence-corrected chi connectivity index (χ0v) is 12.2. The summed E-state index contributed by atoms with van der Waals surface area (Å²) >= 11 is 6.03. The molecule has 110 valence electrons. The summed E-state index contributed by atoms with van der Waals surface area (Å²) in [5.74, 6) is -0.439. The lowest BCUT2D eigenvalue weighted by molar-refractivity contribution is 0.0868. The zero-order valence-electron chi connectivity index (χ0n) is 11.5. The highest BCUT2D eigenvalue weighted by Gasteiger charge is 2.35. The van der Waals surface area contributed by atoms with E-state index in [0.29, 0.717) is 11.8 Å². The van der Waals surface area contributed by atoms with Gasteiger partial charge in [0.1, 0.15) is 11.6 Å². The van der Waals surface area contributed by atoms with E-state index >= 15 is 0 Å². The molecule has 20 heavy (non-hydrogen) atoms. The minimum atomic E-state index is -0.726. The summed E-state index contributed by atoms with van der Waals surface area (Å²) in [6.45, 7) is 2.18. The number of hydrogen-bond acceptors (Lipinski definition) is 2. The van der Waals surface area contributed by atoms with Crippen LogP contribution in [0.25, 0.3) is 0 Å². The monoisotopic (exact) mass is 299 g/mol. The second kappa shape index (κ2) is 6.00. The molecule has 0 radical (unpaired) electrons. The van der Waals surface area contributed by atoms with Crippen LogP contribution < -0.4 is 5.32 Å². The zero-order chi connectivity index (χ0) is 14.8. The molecule has 0 bridgehead atoms. The second-order valence-electron chi connectivity index (χ2n) is 5.71. The number of aromatic hydroxyl groups is 1. The topological polar surface area (TPSA) is 49.3 Å². The molecular weight excluding hydrogens is 281 g/mol. The fraction of sp³-hybridized carbons (Fsp3) is 0.533. The number of carbonyl (C=O) groups is 1. The van der Waals surface area contributed by atoms with E-state index in [1.165, 1.54) is 12.1 Å². The van der Waals surface area contributed by atoms with Gasteiger partial charge in [-0.15, -0.1) is 11.6 Å². The first kappa shape index (κ1) is 15.1. The van der Waals surface area contributed by atoms with Crippen LogP contribution in [0.2, 0.25) is 0 Å². The number of rotatable bonds is 3. The lowest BCUT2D eigenvalue weighted by Crippen LogP contribution is -2.52. The highest BCUT2D eigenvalue weighted by Crippen LogP contribution is 2.33. The lowest BCUT2D eigenvalue weighted by atomic mass is 9.78. The van der Waals surface area contributed by atoms with Crippen LogP contribution in [0.4, 0.5) is 4.39 Å². The van der Waals surface area contributed by atoms with Crippen LogP contribution in [0.1, 0.15) is 43.0 Å². The van der Waals surface area contributed by atoms with Crippen molar-refractivity contribution in [3.8, 4) is 5.75 Å². The molecule has 1 aromatic rings. The Balaban J connectivity index is 2.13. The van der Waals surface area contributed by atoms with Gasteiger partial charge in [-0.1, -0.05) is 6.92 Å². The summed E-state index contributed by atoms with van der Waals surface area (Å²) in [4.78, 5) is 12.2. The smallest absolute Gasteiger partial charge is 0.254 e. The number of alkyl halides is 1. The molecule has 1 aromatic carbocycles. The van der Waals surface area contributed by atoms with E-state index < -0.39 is 17.3 Å². The molecule has 5 heteroatoms. The first-order valence-corrected chi connectivity index (χ1v) is 7.36. The first-order valence-electron chi connectivity index (χ1n) is 6.83. The van der Waals surface area contributed by atoms with Crippen LogP contribution in [-0.4, -0.2) is 22.4 Å². The van der Waals surface area contributed by atoms with Crippen molar-refractivity contribution in [3.05, 3.63) is 29.6 Å². The van der Waals surface area contributed by atoms with Crippen molar-refractivity contribution in [2.24, 2.45) is 5.92 Å². The van der Waals surface area contributed by atoms with Crippen LogP contribution >= 0.6 is 11.6 Å². The molecule has 2 N–H and O–H groups in total. The second-order valence-corrected chi connectivity index (χ2v) is 5.98. The number of amides is 1. The number of phenols is 1. The number of halogens is 2. The Morgan fingerprint density at radius 2 is 2.15 bits per heavy atom. The van der Waals surface area contributed by atoms with Gasteiger partial charge < -0.3 is 10.4 Å². The minimum Gasteiger partial charge on any atom is -0.508 e. The molecule has 0 aliphatic heterocycles. The highest BCUT2D eigenvalue weighted by atomic mass is 35.5. The van der Waals surface area contributed by atoms with Crippen molar-refractivity contribution in [2.45, 2.75) is 38.1 Å². The molecule has 0 spiro atoms. The van der Waals surface area contributed by atoms with Crippen LogP contribution in [0, 0.1) is 11.7 Å². The van der Waals surface area contributed by atoms with Gasteiger partial charge in [0.05, 0.1) is 11.1 Å². The number of phenolic OH excluding ortho intramolecular Hbond substituents is 1. The summed E-state index contributed by atoms with van der Waals surface area (Å²) in [5.41, 5.74) is -0.513. The van der Waals surface area contributed by atoms with Gasteiger partial charge in [0.15, 0.2) is 0 Å². The maximum Gasteiger partial charge on any atom is 0.254 e. The van der Waals surface area contributed by atoms with Gasteiger partial charge in [0, 0.05) is 11.9 Å². The van der Waals surface area contributed by atoms with E-state index in [1.54, 1.807) is 0 Å².